The maximum absolute atomic E-state index is 13.2. The second-order valence-corrected chi connectivity index (χ2v) is 7.69. The highest BCUT2D eigenvalue weighted by Gasteiger charge is 2.36. The van der Waals surface area contributed by atoms with Gasteiger partial charge in [0.1, 0.15) is 12.1 Å². The molecule has 2 N–H and O–H groups in total. The van der Waals surface area contributed by atoms with Crippen molar-refractivity contribution in [1.82, 2.24) is 10.6 Å². The number of benzene rings is 2. The van der Waals surface area contributed by atoms with Gasteiger partial charge in [-0.1, -0.05) is 42.5 Å². The Hall–Kier alpha value is -4.28. The summed E-state index contributed by atoms with van der Waals surface area (Å²) in [6, 6.07) is 11.8. The first-order valence-electron chi connectivity index (χ1n) is 10.7. The maximum Gasteiger partial charge on any atom is 0.329 e. The van der Waals surface area contributed by atoms with Gasteiger partial charge < -0.3 is 20.1 Å². The van der Waals surface area contributed by atoms with Gasteiger partial charge in [-0.05, 0) is 11.1 Å². The predicted molar refractivity (Wildman–Crippen MR) is 124 cm³/mol. The van der Waals surface area contributed by atoms with Crippen LogP contribution in [-0.2, 0) is 35.1 Å². The van der Waals surface area contributed by atoms with E-state index in [4.69, 9.17) is 9.47 Å². The summed E-state index contributed by atoms with van der Waals surface area (Å²) in [5.41, 5.74) is 0.964. The molecular formula is C24H27N3O8. The summed E-state index contributed by atoms with van der Waals surface area (Å²) in [5, 5.41) is 16.2. The minimum atomic E-state index is -1.35. The van der Waals surface area contributed by atoms with E-state index in [0.717, 1.165) is 12.7 Å². The number of methoxy groups -OCH3 is 2. The summed E-state index contributed by atoms with van der Waals surface area (Å²) in [5.74, 6) is -3.59. The van der Waals surface area contributed by atoms with Crippen LogP contribution in [-0.4, -0.2) is 55.0 Å². The van der Waals surface area contributed by atoms with E-state index in [1.807, 2.05) is 6.07 Å². The molecule has 0 unspecified atom stereocenters. The maximum atomic E-state index is 13.2. The standard InChI is InChI=1S/C24H27N3O8/c1-15(28)25-20(13-16-7-5-4-6-8-16)23(30)26-22(24(31)35-3)19(14-21(29)34-2)17-9-11-18(12-10-17)27(32)33/h4-12,19-20,22H,13-14H2,1-3H3,(H,25,28)(H,26,30)/t19-,20+,22+/m1/s1. The van der Waals surface area contributed by atoms with E-state index in [1.165, 1.54) is 38.3 Å². The molecule has 0 heterocycles. The van der Waals surface area contributed by atoms with Gasteiger partial charge in [-0.15, -0.1) is 0 Å². The van der Waals surface area contributed by atoms with Crippen molar-refractivity contribution in [3.63, 3.8) is 0 Å². The van der Waals surface area contributed by atoms with Crippen LogP contribution in [0.25, 0.3) is 0 Å². The highest BCUT2D eigenvalue weighted by atomic mass is 16.6. The lowest BCUT2D eigenvalue weighted by Crippen LogP contribution is -2.54. The van der Waals surface area contributed by atoms with E-state index >= 15 is 0 Å². The van der Waals surface area contributed by atoms with Crippen molar-refractivity contribution in [3.8, 4) is 0 Å². The summed E-state index contributed by atoms with van der Waals surface area (Å²) in [4.78, 5) is 60.3. The third-order valence-electron chi connectivity index (χ3n) is 5.28. The Bertz CT molecular complexity index is 1060. The number of esters is 2. The number of rotatable bonds is 11. The van der Waals surface area contributed by atoms with Crippen molar-refractivity contribution in [2.24, 2.45) is 0 Å². The first-order valence-corrected chi connectivity index (χ1v) is 10.7. The zero-order valence-electron chi connectivity index (χ0n) is 19.6. The van der Waals surface area contributed by atoms with Crippen molar-refractivity contribution in [2.75, 3.05) is 14.2 Å². The smallest absolute Gasteiger partial charge is 0.329 e. The molecule has 0 saturated carbocycles. The molecule has 0 spiro atoms. The molecule has 3 atom stereocenters. The van der Waals surface area contributed by atoms with Crippen molar-refractivity contribution >= 4 is 29.4 Å². The minimum absolute atomic E-state index is 0.152. The van der Waals surface area contributed by atoms with Gasteiger partial charge in [0.05, 0.1) is 25.6 Å². The van der Waals surface area contributed by atoms with Gasteiger partial charge in [-0.3, -0.25) is 24.5 Å². The molecule has 2 rings (SSSR count). The number of ether oxygens (including phenoxy) is 2. The molecule has 2 aromatic carbocycles. The largest absolute Gasteiger partial charge is 0.469 e. The first kappa shape index (κ1) is 27.0. The molecule has 2 amide bonds. The Morgan fingerprint density at radius 1 is 0.943 bits per heavy atom. The van der Waals surface area contributed by atoms with Crippen molar-refractivity contribution in [3.05, 3.63) is 75.8 Å². The van der Waals surface area contributed by atoms with E-state index in [1.54, 1.807) is 24.3 Å². The summed E-state index contributed by atoms with van der Waals surface area (Å²) in [6.07, 6.45) is -0.169. The van der Waals surface area contributed by atoms with Crippen LogP contribution in [0.5, 0.6) is 0 Å². The normalized spacial score (nSPS) is 13.0. The number of non-ortho nitro benzene ring substituents is 1. The lowest BCUT2D eigenvalue weighted by molar-refractivity contribution is -0.384. The number of carbonyl (C=O) groups is 4. The fourth-order valence-corrected chi connectivity index (χ4v) is 3.54. The van der Waals surface area contributed by atoms with Gasteiger partial charge in [-0.25, -0.2) is 4.79 Å². The van der Waals surface area contributed by atoms with E-state index in [9.17, 15) is 29.3 Å². The topological polar surface area (TPSA) is 154 Å². The highest BCUT2D eigenvalue weighted by molar-refractivity contribution is 5.91. The Balaban J connectivity index is 2.40. The van der Waals surface area contributed by atoms with Crippen LogP contribution < -0.4 is 10.6 Å². The molecule has 0 aliphatic heterocycles. The Morgan fingerprint density at radius 3 is 2.09 bits per heavy atom. The van der Waals surface area contributed by atoms with Crippen LogP contribution in [0.15, 0.2) is 54.6 Å². The summed E-state index contributed by atoms with van der Waals surface area (Å²) >= 11 is 0. The fourth-order valence-electron chi connectivity index (χ4n) is 3.54. The molecule has 11 nitrogen and oxygen atoms in total. The zero-order valence-corrected chi connectivity index (χ0v) is 19.6. The molecule has 0 bridgehead atoms. The summed E-state index contributed by atoms with van der Waals surface area (Å²) in [7, 11) is 2.30. The number of nitrogens with one attached hydrogen (secondary N) is 2. The minimum Gasteiger partial charge on any atom is -0.469 e. The van der Waals surface area contributed by atoms with Gasteiger partial charge in [0.2, 0.25) is 11.8 Å². The van der Waals surface area contributed by atoms with Crippen LogP contribution in [0, 0.1) is 10.1 Å². The summed E-state index contributed by atoms with van der Waals surface area (Å²) < 4.78 is 9.61. The van der Waals surface area contributed by atoms with Gasteiger partial charge in [0.25, 0.3) is 5.69 Å². The monoisotopic (exact) mass is 485 g/mol. The molecule has 2 aromatic rings. The van der Waals surface area contributed by atoms with Gasteiger partial charge in [0.15, 0.2) is 0 Å². The van der Waals surface area contributed by atoms with Crippen molar-refractivity contribution < 1.29 is 33.6 Å². The molecule has 0 aliphatic rings. The molecule has 186 valence electrons. The van der Waals surface area contributed by atoms with Gasteiger partial charge >= 0.3 is 11.9 Å². The van der Waals surface area contributed by atoms with Crippen LogP contribution in [0.1, 0.15) is 30.4 Å². The van der Waals surface area contributed by atoms with Gasteiger partial charge in [-0.2, -0.15) is 0 Å². The van der Waals surface area contributed by atoms with E-state index < -0.39 is 46.7 Å². The number of amides is 2. The second-order valence-electron chi connectivity index (χ2n) is 7.69. The van der Waals surface area contributed by atoms with Crippen molar-refractivity contribution in [2.45, 2.75) is 37.8 Å². The first-order chi connectivity index (χ1) is 16.7. The molecule has 0 radical (unpaired) electrons. The van der Waals surface area contributed by atoms with E-state index in [-0.39, 0.29) is 18.5 Å². The number of hydrogen-bond acceptors (Lipinski definition) is 8. The molecular weight excluding hydrogens is 458 g/mol. The lowest BCUT2D eigenvalue weighted by atomic mass is 9.87. The van der Waals surface area contributed by atoms with Crippen LogP contribution in [0.2, 0.25) is 0 Å². The number of carbonyl (C=O) groups excluding carboxylic acids is 4. The number of nitrogens with zero attached hydrogens (tertiary/aromatic N) is 1. The Morgan fingerprint density at radius 2 is 1.57 bits per heavy atom. The molecule has 0 aromatic heterocycles. The van der Waals surface area contributed by atoms with Crippen LogP contribution >= 0.6 is 0 Å². The fraction of sp³-hybridized carbons (Fsp3) is 0.333. The van der Waals surface area contributed by atoms with E-state index in [0.29, 0.717) is 5.56 Å². The molecule has 0 saturated heterocycles. The summed E-state index contributed by atoms with van der Waals surface area (Å²) in [6.45, 7) is 1.26. The molecule has 0 aliphatic carbocycles. The van der Waals surface area contributed by atoms with Crippen LogP contribution in [0.4, 0.5) is 5.69 Å². The Labute approximate surface area is 201 Å². The number of nitro benzene ring substituents is 1. The average Bonchev–Trinajstić information content (AvgIpc) is 2.85. The van der Waals surface area contributed by atoms with E-state index in [2.05, 4.69) is 10.6 Å². The average molecular weight is 485 g/mol. The number of nitro groups is 1. The molecule has 0 fully saturated rings. The van der Waals surface area contributed by atoms with Gasteiger partial charge in [0, 0.05) is 31.4 Å². The zero-order chi connectivity index (χ0) is 26.0. The highest BCUT2D eigenvalue weighted by Crippen LogP contribution is 2.27. The lowest BCUT2D eigenvalue weighted by Gasteiger charge is -2.28. The number of hydrogen-bond donors (Lipinski definition) is 2. The Kier molecular flexibility index (Phi) is 9.88. The molecule has 11 heteroatoms. The molecule has 35 heavy (non-hydrogen) atoms. The van der Waals surface area contributed by atoms with Crippen molar-refractivity contribution in [1.29, 1.82) is 0 Å². The third kappa shape index (κ3) is 7.91. The quantitative estimate of drug-likeness (QED) is 0.277. The SMILES string of the molecule is COC(=O)C[C@H](c1ccc([N+](=O)[O-])cc1)[C@H](NC(=O)[C@H](Cc1ccccc1)NC(C)=O)C(=O)OC. The third-order valence-corrected chi connectivity index (χ3v) is 5.28. The second kappa shape index (κ2) is 12.8. The predicted octanol–water partition coefficient (Wildman–Crippen LogP) is 1.65. The van der Waals surface area contributed by atoms with Crippen LogP contribution in [0.3, 0.4) is 0 Å².